The number of aryl methyl sites for hydroxylation is 1. The highest BCUT2D eigenvalue weighted by molar-refractivity contribution is 6.30. The van der Waals surface area contributed by atoms with Crippen molar-refractivity contribution < 1.29 is 14.3 Å². The standard InChI is InChI=1S/C27H25ClN6O4/c1-13(2)33-22-20(31-24(33)18-12-30-27(38-4)32-25(18)36)26(37)34(21(22)15-5-8-17(28)9-6-15)19-10-7-16(23(29)35)11-14(19)3/h5-13,21H,1-4H3,(H2,29,35)(H,30,32,36). The molecular formula is C27H25ClN6O4. The normalized spacial score (nSPS) is 14.7. The number of aromatic nitrogens is 4. The zero-order valence-electron chi connectivity index (χ0n) is 21.2. The molecule has 1 atom stereocenters. The van der Waals surface area contributed by atoms with Crippen molar-refractivity contribution in [2.24, 2.45) is 5.73 Å². The number of rotatable bonds is 6. The Morgan fingerprint density at radius 3 is 2.45 bits per heavy atom. The Hall–Kier alpha value is -4.44. The number of nitrogens with two attached hydrogens (primary N) is 1. The Bertz CT molecular complexity index is 1640. The summed E-state index contributed by atoms with van der Waals surface area (Å²) in [6.07, 6.45) is 1.39. The second-order valence-electron chi connectivity index (χ2n) is 9.26. The van der Waals surface area contributed by atoms with Gasteiger partial charge in [-0.25, -0.2) is 9.97 Å². The summed E-state index contributed by atoms with van der Waals surface area (Å²) in [6, 6.07) is 11.5. The number of H-pyrrole nitrogens is 1. The van der Waals surface area contributed by atoms with Gasteiger partial charge < -0.3 is 15.0 Å². The third kappa shape index (κ3) is 4.03. The maximum atomic E-state index is 14.0. The number of imidazole rings is 1. The molecule has 0 saturated heterocycles. The number of primary amides is 1. The molecular weight excluding hydrogens is 508 g/mol. The first kappa shape index (κ1) is 25.2. The molecule has 0 saturated carbocycles. The zero-order valence-corrected chi connectivity index (χ0v) is 21.9. The van der Waals surface area contributed by atoms with Crippen molar-refractivity contribution >= 4 is 29.1 Å². The van der Waals surface area contributed by atoms with E-state index in [-0.39, 0.29) is 29.2 Å². The van der Waals surface area contributed by atoms with Gasteiger partial charge in [-0.3, -0.25) is 24.3 Å². The molecule has 0 spiro atoms. The van der Waals surface area contributed by atoms with Gasteiger partial charge in [0.05, 0.1) is 12.8 Å². The monoisotopic (exact) mass is 532 g/mol. The summed E-state index contributed by atoms with van der Waals surface area (Å²) in [5.74, 6) is -0.566. The van der Waals surface area contributed by atoms with E-state index in [2.05, 4.69) is 9.97 Å². The Kier molecular flexibility index (Phi) is 6.28. The second-order valence-corrected chi connectivity index (χ2v) is 9.70. The third-order valence-electron chi connectivity index (χ3n) is 6.54. The molecule has 5 rings (SSSR count). The molecule has 2 amide bonds. The molecule has 1 unspecified atom stereocenters. The van der Waals surface area contributed by atoms with Crippen molar-refractivity contribution in [2.75, 3.05) is 12.0 Å². The molecule has 0 radical (unpaired) electrons. The number of carbonyl (C=O) groups excluding carboxylic acids is 2. The lowest BCUT2D eigenvalue weighted by Gasteiger charge is -2.29. The molecule has 11 heteroatoms. The maximum Gasteiger partial charge on any atom is 0.296 e. The van der Waals surface area contributed by atoms with E-state index < -0.39 is 17.5 Å². The van der Waals surface area contributed by atoms with E-state index in [0.29, 0.717) is 33.4 Å². The molecule has 2 aromatic carbocycles. The number of benzene rings is 2. The first-order chi connectivity index (χ1) is 18.1. The SMILES string of the molecule is COc1ncc(-c2nc3c(n2C(C)C)C(c2ccc(Cl)cc2)N(c2ccc(C(N)=O)cc2C)C3=O)c(=O)[nH]1. The number of nitrogens with one attached hydrogen (secondary N) is 1. The average Bonchev–Trinajstić information content (AvgIpc) is 3.39. The average molecular weight is 533 g/mol. The Morgan fingerprint density at radius 2 is 1.87 bits per heavy atom. The lowest BCUT2D eigenvalue weighted by molar-refractivity contribution is 0.0986. The molecule has 1 aliphatic rings. The van der Waals surface area contributed by atoms with Crippen LogP contribution in [0.5, 0.6) is 6.01 Å². The minimum atomic E-state index is -0.582. The summed E-state index contributed by atoms with van der Waals surface area (Å²) in [4.78, 5) is 51.8. The van der Waals surface area contributed by atoms with Crippen LogP contribution in [0.15, 0.2) is 53.5 Å². The van der Waals surface area contributed by atoms with Crippen molar-refractivity contribution in [3.63, 3.8) is 0 Å². The number of anilines is 1. The van der Waals surface area contributed by atoms with Gasteiger partial charge in [0, 0.05) is 28.5 Å². The van der Waals surface area contributed by atoms with E-state index in [0.717, 1.165) is 5.56 Å². The topological polar surface area (TPSA) is 136 Å². The molecule has 3 heterocycles. The van der Waals surface area contributed by atoms with Crippen LogP contribution in [0.4, 0.5) is 5.69 Å². The predicted octanol–water partition coefficient (Wildman–Crippen LogP) is 4.03. The third-order valence-corrected chi connectivity index (χ3v) is 6.79. The predicted molar refractivity (Wildman–Crippen MR) is 143 cm³/mol. The number of fused-ring (bicyclic) bond motifs is 1. The van der Waals surface area contributed by atoms with Crippen LogP contribution < -0.4 is 20.9 Å². The summed E-state index contributed by atoms with van der Waals surface area (Å²) in [5.41, 5.74) is 8.56. The van der Waals surface area contributed by atoms with Gasteiger partial charge in [0.2, 0.25) is 5.91 Å². The van der Waals surface area contributed by atoms with E-state index in [9.17, 15) is 14.4 Å². The van der Waals surface area contributed by atoms with Crippen molar-refractivity contribution in [1.82, 2.24) is 19.5 Å². The number of hydrogen-bond acceptors (Lipinski definition) is 6. The quantitative estimate of drug-likeness (QED) is 0.384. The first-order valence-electron chi connectivity index (χ1n) is 11.9. The minimum Gasteiger partial charge on any atom is -0.468 e. The number of carbonyl (C=O) groups is 2. The van der Waals surface area contributed by atoms with Crippen molar-refractivity contribution in [3.05, 3.63) is 92.1 Å². The maximum absolute atomic E-state index is 14.0. The zero-order chi connectivity index (χ0) is 27.3. The molecule has 3 N–H and O–H groups in total. The fourth-order valence-corrected chi connectivity index (χ4v) is 4.98. The van der Waals surface area contributed by atoms with Gasteiger partial charge in [-0.15, -0.1) is 0 Å². The Labute approximate surface area is 223 Å². The van der Waals surface area contributed by atoms with Gasteiger partial charge in [0.15, 0.2) is 5.69 Å². The molecule has 0 bridgehead atoms. The number of aromatic amines is 1. The van der Waals surface area contributed by atoms with Gasteiger partial charge in [-0.05, 0) is 62.2 Å². The number of hydrogen-bond donors (Lipinski definition) is 2. The van der Waals surface area contributed by atoms with Gasteiger partial charge in [0.1, 0.15) is 17.4 Å². The molecule has 0 aliphatic carbocycles. The van der Waals surface area contributed by atoms with Crippen LogP contribution in [0.1, 0.15) is 63.6 Å². The smallest absolute Gasteiger partial charge is 0.296 e. The summed E-state index contributed by atoms with van der Waals surface area (Å²) in [5, 5.41) is 0.556. The summed E-state index contributed by atoms with van der Waals surface area (Å²) < 4.78 is 6.92. The van der Waals surface area contributed by atoms with Crippen LogP contribution in [0.2, 0.25) is 5.02 Å². The van der Waals surface area contributed by atoms with Crippen LogP contribution in [0.25, 0.3) is 11.4 Å². The van der Waals surface area contributed by atoms with Crippen LogP contribution in [0.3, 0.4) is 0 Å². The molecule has 194 valence electrons. The van der Waals surface area contributed by atoms with Crippen LogP contribution in [-0.2, 0) is 0 Å². The van der Waals surface area contributed by atoms with Crippen LogP contribution in [-0.4, -0.2) is 38.4 Å². The van der Waals surface area contributed by atoms with E-state index in [1.807, 2.05) is 37.5 Å². The van der Waals surface area contributed by atoms with E-state index in [1.165, 1.54) is 13.3 Å². The highest BCUT2D eigenvalue weighted by Crippen LogP contribution is 2.45. The number of amides is 2. The number of nitrogens with zero attached hydrogens (tertiary/aromatic N) is 4. The molecule has 38 heavy (non-hydrogen) atoms. The van der Waals surface area contributed by atoms with Gasteiger partial charge in [0.25, 0.3) is 17.5 Å². The van der Waals surface area contributed by atoms with Gasteiger partial charge in [-0.1, -0.05) is 23.7 Å². The molecule has 10 nitrogen and oxygen atoms in total. The van der Waals surface area contributed by atoms with Gasteiger partial charge in [-0.2, -0.15) is 0 Å². The van der Waals surface area contributed by atoms with E-state index >= 15 is 0 Å². The molecule has 1 aliphatic heterocycles. The Morgan fingerprint density at radius 1 is 1.16 bits per heavy atom. The fraction of sp³-hybridized carbons (Fsp3) is 0.222. The lowest BCUT2D eigenvalue weighted by Crippen LogP contribution is -2.31. The van der Waals surface area contributed by atoms with Crippen molar-refractivity contribution in [3.8, 4) is 17.4 Å². The minimum absolute atomic E-state index is 0.0742. The summed E-state index contributed by atoms with van der Waals surface area (Å²) >= 11 is 6.18. The summed E-state index contributed by atoms with van der Waals surface area (Å²) in [7, 11) is 1.41. The Balaban J connectivity index is 1.76. The van der Waals surface area contributed by atoms with Crippen molar-refractivity contribution in [1.29, 1.82) is 0 Å². The number of ether oxygens (including phenoxy) is 1. The van der Waals surface area contributed by atoms with Crippen LogP contribution >= 0.6 is 11.6 Å². The molecule has 2 aromatic heterocycles. The fourth-order valence-electron chi connectivity index (χ4n) is 4.85. The van der Waals surface area contributed by atoms with Crippen LogP contribution in [0, 0.1) is 6.92 Å². The second kappa shape index (κ2) is 9.46. The van der Waals surface area contributed by atoms with E-state index in [1.54, 1.807) is 35.2 Å². The molecule has 0 fully saturated rings. The largest absolute Gasteiger partial charge is 0.468 e. The number of halogens is 1. The highest BCUT2D eigenvalue weighted by atomic mass is 35.5. The van der Waals surface area contributed by atoms with Gasteiger partial charge >= 0.3 is 0 Å². The number of methoxy groups -OCH3 is 1. The molecule has 4 aromatic rings. The van der Waals surface area contributed by atoms with Crippen molar-refractivity contribution in [2.45, 2.75) is 32.9 Å². The lowest BCUT2D eigenvalue weighted by atomic mass is 10.0. The van der Waals surface area contributed by atoms with E-state index in [4.69, 9.17) is 27.1 Å². The first-order valence-corrected chi connectivity index (χ1v) is 12.3. The summed E-state index contributed by atoms with van der Waals surface area (Å²) in [6.45, 7) is 5.72. The highest BCUT2D eigenvalue weighted by Gasteiger charge is 2.45.